The van der Waals surface area contributed by atoms with Gasteiger partial charge in [-0.3, -0.25) is 9.59 Å². The fourth-order valence-electron chi connectivity index (χ4n) is 1.06. The molecule has 0 saturated carbocycles. The van der Waals surface area contributed by atoms with E-state index < -0.39 is 24.4 Å². The highest BCUT2D eigenvalue weighted by molar-refractivity contribution is 5.80. The quantitative estimate of drug-likeness (QED) is 0.593. The van der Waals surface area contributed by atoms with Crippen LogP contribution < -0.4 is 5.73 Å². The Morgan fingerprint density at radius 1 is 1.22 bits per heavy atom. The van der Waals surface area contributed by atoms with Gasteiger partial charge in [-0.15, -0.1) is 0 Å². The number of nitrogens with one attached hydrogen (secondary N) is 1. The molecule has 0 spiro atoms. The van der Waals surface area contributed by atoms with Crippen LogP contribution in [0.25, 0.3) is 11.0 Å². The molecule has 2 aromatic rings. The van der Waals surface area contributed by atoms with Crippen LogP contribution in [0.1, 0.15) is 6.42 Å². The molecule has 0 aliphatic heterocycles. The molecule has 0 aliphatic rings. The van der Waals surface area contributed by atoms with Crippen molar-refractivity contribution in [2.75, 3.05) is 0 Å². The van der Waals surface area contributed by atoms with E-state index in [4.69, 9.17) is 15.9 Å². The van der Waals surface area contributed by atoms with E-state index in [2.05, 4.69) is 15.4 Å². The summed E-state index contributed by atoms with van der Waals surface area (Å²) in [5.74, 6) is -2.50. The van der Waals surface area contributed by atoms with Gasteiger partial charge in [0.15, 0.2) is 0 Å². The summed E-state index contributed by atoms with van der Waals surface area (Å²) in [5.41, 5.74) is 6.67. The maximum atomic E-state index is 9.85. The van der Waals surface area contributed by atoms with Gasteiger partial charge in [-0.05, 0) is 12.1 Å². The standard InChI is InChI=1S/C6H5N3.C4H7NO4/c1-2-4-6-5(3-1)7-9-8-6;5-2(4(8)9)1-3(6)7/h1-4H,(H,7,8,9);2H,1,5H2,(H,6,7)(H,8,9)/t;2-/m.0/s1. The average molecular weight is 252 g/mol. The minimum atomic E-state index is -1.29. The average Bonchev–Trinajstić information content (AvgIpc) is 2.76. The summed E-state index contributed by atoms with van der Waals surface area (Å²) < 4.78 is 0. The number of benzene rings is 1. The van der Waals surface area contributed by atoms with Crippen molar-refractivity contribution in [1.82, 2.24) is 15.4 Å². The molecule has 0 unspecified atom stereocenters. The summed E-state index contributed by atoms with van der Waals surface area (Å²) >= 11 is 0. The van der Waals surface area contributed by atoms with Crippen LogP contribution in [0, 0.1) is 0 Å². The zero-order valence-electron chi connectivity index (χ0n) is 9.28. The van der Waals surface area contributed by atoms with Gasteiger partial charge in [-0.1, -0.05) is 12.1 Å². The molecule has 0 amide bonds. The summed E-state index contributed by atoms with van der Waals surface area (Å²) in [7, 11) is 0. The maximum Gasteiger partial charge on any atom is 0.321 e. The van der Waals surface area contributed by atoms with Gasteiger partial charge in [0.25, 0.3) is 0 Å². The predicted molar refractivity (Wildman–Crippen MR) is 61.8 cm³/mol. The number of carbonyl (C=O) groups is 2. The first-order valence-corrected chi connectivity index (χ1v) is 4.96. The van der Waals surface area contributed by atoms with Crippen molar-refractivity contribution in [3.8, 4) is 0 Å². The zero-order valence-corrected chi connectivity index (χ0v) is 9.28. The molecule has 0 fully saturated rings. The normalized spacial score (nSPS) is 11.4. The first-order chi connectivity index (χ1) is 8.50. The molecule has 0 aliphatic carbocycles. The number of hydrogen-bond acceptors (Lipinski definition) is 5. The molecule has 18 heavy (non-hydrogen) atoms. The van der Waals surface area contributed by atoms with Gasteiger partial charge in [0.2, 0.25) is 0 Å². The number of rotatable bonds is 3. The van der Waals surface area contributed by atoms with Crippen LogP contribution in [0.4, 0.5) is 0 Å². The van der Waals surface area contributed by atoms with Gasteiger partial charge in [0, 0.05) is 0 Å². The maximum absolute atomic E-state index is 9.85. The van der Waals surface area contributed by atoms with Crippen molar-refractivity contribution in [3.05, 3.63) is 24.3 Å². The van der Waals surface area contributed by atoms with Crippen molar-refractivity contribution in [2.24, 2.45) is 5.73 Å². The first kappa shape index (κ1) is 13.6. The number of aromatic nitrogens is 3. The lowest BCUT2D eigenvalue weighted by atomic mass is 10.2. The Bertz CT molecular complexity index is 509. The number of para-hydroxylation sites is 2. The van der Waals surface area contributed by atoms with Crippen molar-refractivity contribution in [3.63, 3.8) is 0 Å². The van der Waals surface area contributed by atoms with Gasteiger partial charge >= 0.3 is 11.9 Å². The number of H-pyrrole nitrogens is 1. The fraction of sp³-hybridized carbons (Fsp3) is 0.200. The smallest absolute Gasteiger partial charge is 0.321 e. The lowest BCUT2D eigenvalue weighted by molar-refractivity contribution is -0.144. The number of aromatic amines is 1. The van der Waals surface area contributed by atoms with Crippen molar-refractivity contribution >= 4 is 23.0 Å². The third-order valence-electron chi connectivity index (χ3n) is 1.93. The summed E-state index contributed by atoms with van der Waals surface area (Å²) in [5, 5.41) is 26.3. The van der Waals surface area contributed by atoms with Crippen molar-refractivity contribution < 1.29 is 19.8 Å². The minimum absolute atomic E-state index is 0.532. The van der Waals surface area contributed by atoms with Crippen LogP contribution in [0.15, 0.2) is 24.3 Å². The van der Waals surface area contributed by atoms with E-state index in [9.17, 15) is 9.59 Å². The zero-order chi connectivity index (χ0) is 13.5. The number of fused-ring (bicyclic) bond motifs is 1. The lowest BCUT2D eigenvalue weighted by Gasteiger charge is -1.99. The second-order valence-corrected chi connectivity index (χ2v) is 3.35. The summed E-state index contributed by atoms with van der Waals surface area (Å²) in [6.45, 7) is 0. The topological polar surface area (TPSA) is 142 Å². The van der Waals surface area contributed by atoms with Crippen molar-refractivity contribution in [1.29, 1.82) is 0 Å². The Kier molecular flexibility index (Phi) is 4.76. The van der Waals surface area contributed by atoms with Gasteiger partial charge < -0.3 is 15.9 Å². The van der Waals surface area contributed by atoms with Crippen molar-refractivity contribution in [2.45, 2.75) is 12.5 Å². The largest absolute Gasteiger partial charge is 0.481 e. The van der Waals surface area contributed by atoms with Crippen LogP contribution in [0.3, 0.4) is 0 Å². The Morgan fingerprint density at radius 2 is 1.72 bits per heavy atom. The number of carboxylic acid groups (broad SMARTS) is 2. The third-order valence-corrected chi connectivity index (χ3v) is 1.93. The second-order valence-electron chi connectivity index (χ2n) is 3.35. The van der Waals surface area contributed by atoms with Crippen LogP contribution in [-0.4, -0.2) is 43.6 Å². The lowest BCUT2D eigenvalue weighted by Crippen LogP contribution is -2.32. The van der Waals surface area contributed by atoms with E-state index in [0.29, 0.717) is 0 Å². The third kappa shape index (κ3) is 4.18. The summed E-state index contributed by atoms with van der Waals surface area (Å²) in [6, 6.07) is 6.41. The molecule has 1 aromatic heterocycles. The molecule has 8 heteroatoms. The van der Waals surface area contributed by atoms with E-state index in [1.807, 2.05) is 24.3 Å². The highest BCUT2D eigenvalue weighted by Crippen LogP contribution is 2.03. The number of nitrogens with two attached hydrogens (primary N) is 1. The Morgan fingerprint density at radius 3 is 2.06 bits per heavy atom. The molecule has 0 saturated heterocycles. The Hall–Kier alpha value is -2.48. The Labute approximate surface area is 101 Å². The van der Waals surface area contributed by atoms with Crippen LogP contribution in [0.2, 0.25) is 0 Å². The molecular formula is C10H12N4O4. The van der Waals surface area contributed by atoms with Gasteiger partial charge in [-0.2, -0.15) is 15.4 Å². The van der Waals surface area contributed by atoms with Crippen LogP contribution >= 0.6 is 0 Å². The molecule has 1 heterocycles. The van der Waals surface area contributed by atoms with Crippen LogP contribution in [-0.2, 0) is 9.59 Å². The second kappa shape index (κ2) is 6.30. The SMILES string of the molecule is N[C@@H](CC(=O)O)C(=O)O.c1ccc2n[nH]nc2c1. The molecule has 96 valence electrons. The number of carboxylic acids is 2. The van der Waals surface area contributed by atoms with Crippen LogP contribution in [0.5, 0.6) is 0 Å². The van der Waals surface area contributed by atoms with E-state index in [-0.39, 0.29) is 0 Å². The van der Waals surface area contributed by atoms with E-state index >= 15 is 0 Å². The van der Waals surface area contributed by atoms with E-state index in [1.165, 1.54) is 0 Å². The molecule has 0 bridgehead atoms. The first-order valence-electron chi connectivity index (χ1n) is 4.96. The summed E-state index contributed by atoms with van der Waals surface area (Å²) in [6.07, 6.45) is -0.532. The molecule has 0 radical (unpaired) electrons. The highest BCUT2D eigenvalue weighted by Gasteiger charge is 2.14. The molecule has 2 rings (SSSR count). The number of nitrogens with zero attached hydrogens (tertiary/aromatic N) is 2. The predicted octanol–water partition coefficient (Wildman–Crippen LogP) is -0.169. The molecule has 1 atom stereocenters. The van der Waals surface area contributed by atoms with E-state index in [1.54, 1.807) is 0 Å². The molecule has 8 nitrogen and oxygen atoms in total. The van der Waals surface area contributed by atoms with Gasteiger partial charge in [0.1, 0.15) is 17.1 Å². The van der Waals surface area contributed by atoms with Gasteiger partial charge in [-0.25, -0.2) is 0 Å². The summed E-state index contributed by atoms with van der Waals surface area (Å²) in [4.78, 5) is 19.6. The van der Waals surface area contributed by atoms with E-state index in [0.717, 1.165) is 11.0 Å². The minimum Gasteiger partial charge on any atom is -0.481 e. The molecule has 1 aromatic carbocycles. The monoisotopic (exact) mass is 252 g/mol. The fourth-order valence-corrected chi connectivity index (χ4v) is 1.06. The molecule has 5 N–H and O–H groups in total. The molecular weight excluding hydrogens is 240 g/mol. The number of hydrogen-bond donors (Lipinski definition) is 4. The Balaban J connectivity index is 0.000000180. The number of aliphatic carboxylic acids is 2. The van der Waals surface area contributed by atoms with Gasteiger partial charge in [0.05, 0.1) is 6.42 Å². The highest BCUT2D eigenvalue weighted by atomic mass is 16.4.